The largest absolute Gasteiger partial charge is 0.299 e. The van der Waals surface area contributed by atoms with Crippen LogP contribution in [0.4, 0.5) is 0 Å². The molecule has 0 amide bonds. The van der Waals surface area contributed by atoms with Gasteiger partial charge >= 0.3 is 0 Å². The first-order valence-electron chi connectivity index (χ1n) is 5.32. The Morgan fingerprint density at radius 3 is 2.46 bits per heavy atom. The van der Waals surface area contributed by atoms with Crippen molar-refractivity contribution in [1.29, 1.82) is 0 Å². The molecule has 2 atom stereocenters. The van der Waals surface area contributed by atoms with E-state index in [9.17, 15) is 4.79 Å². The maximum atomic E-state index is 10.1. The highest BCUT2D eigenvalue weighted by Crippen LogP contribution is 2.15. The number of hydrogen-bond donors (Lipinski definition) is 0. The van der Waals surface area contributed by atoms with Gasteiger partial charge in [-0.05, 0) is 24.3 Å². The molecule has 0 aliphatic heterocycles. The molecular formula is C12H22O. The average molecular weight is 182 g/mol. The fourth-order valence-electron chi connectivity index (χ4n) is 1.32. The van der Waals surface area contributed by atoms with E-state index in [4.69, 9.17) is 0 Å². The molecular weight excluding hydrogens is 160 g/mol. The van der Waals surface area contributed by atoms with Gasteiger partial charge in [-0.1, -0.05) is 46.1 Å². The summed E-state index contributed by atoms with van der Waals surface area (Å²) in [6.07, 6.45) is 9.52. The SMILES string of the molecule is CCC(C)CCCC(C)C=CC=O. The number of rotatable bonds is 7. The van der Waals surface area contributed by atoms with Gasteiger partial charge in [0.25, 0.3) is 0 Å². The Labute approximate surface area is 82.2 Å². The quantitative estimate of drug-likeness (QED) is 0.434. The van der Waals surface area contributed by atoms with Gasteiger partial charge < -0.3 is 0 Å². The monoisotopic (exact) mass is 182 g/mol. The molecule has 0 fully saturated rings. The Hall–Kier alpha value is -0.590. The van der Waals surface area contributed by atoms with Crippen LogP contribution >= 0.6 is 0 Å². The Balaban J connectivity index is 3.41. The lowest BCUT2D eigenvalue weighted by atomic mass is 9.97. The zero-order chi connectivity index (χ0) is 10.1. The fraction of sp³-hybridized carbons (Fsp3) is 0.750. The summed E-state index contributed by atoms with van der Waals surface area (Å²) in [6.45, 7) is 6.70. The predicted molar refractivity (Wildman–Crippen MR) is 57.7 cm³/mol. The van der Waals surface area contributed by atoms with Crippen LogP contribution in [-0.4, -0.2) is 6.29 Å². The molecule has 76 valence electrons. The zero-order valence-electron chi connectivity index (χ0n) is 9.12. The summed E-state index contributed by atoms with van der Waals surface area (Å²) in [6, 6.07) is 0. The van der Waals surface area contributed by atoms with Crippen LogP contribution in [0.15, 0.2) is 12.2 Å². The van der Waals surface area contributed by atoms with Gasteiger partial charge in [0.1, 0.15) is 6.29 Å². The number of hydrogen-bond acceptors (Lipinski definition) is 1. The van der Waals surface area contributed by atoms with Gasteiger partial charge in [0.2, 0.25) is 0 Å². The van der Waals surface area contributed by atoms with E-state index in [-0.39, 0.29) is 0 Å². The molecule has 0 heterocycles. The molecule has 1 heteroatoms. The van der Waals surface area contributed by atoms with Crippen molar-refractivity contribution in [2.24, 2.45) is 11.8 Å². The topological polar surface area (TPSA) is 17.1 Å². The van der Waals surface area contributed by atoms with Crippen molar-refractivity contribution in [2.75, 3.05) is 0 Å². The molecule has 2 unspecified atom stereocenters. The Morgan fingerprint density at radius 2 is 1.92 bits per heavy atom. The van der Waals surface area contributed by atoms with Crippen molar-refractivity contribution in [3.05, 3.63) is 12.2 Å². The Morgan fingerprint density at radius 1 is 1.23 bits per heavy atom. The third-order valence-corrected chi connectivity index (χ3v) is 2.57. The summed E-state index contributed by atoms with van der Waals surface area (Å²) in [7, 11) is 0. The van der Waals surface area contributed by atoms with Crippen molar-refractivity contribution in [1.82, 2.24) is 0 Å². The van der Waals surface area contributed by atoms with Crippen LogP contribution in [0.3, 0.4) is 0 Å². The first kappa shape index (κ1) is 12.4. The van der Waals surface area contributed by atoms with E-state index in [0.717, 1.165) is 12.2 Å². The molecule has 0 aromatic rings. The molecule has 0 saturated heterocycles. The fourth-order valence-corrected chi connectivity index (χ4v) is 1.32. The van der Waals surface area contributed by atoms with E-state index < -0.39 is 0 Å². The van der Waals surface area contributed by atoms with Crippen LogP contribution < -0.4 is 0 Å². The molecule has 0 spiro atoms. The van der Waals surface area contributed by atoms with Crippen molar-refractivity contribution in [3.63, 3.8) is 0 Å². The molecule has 0 N–H and O–H groups in total. The van der Waals surface area contributed by atoms with E-state index in [1.807, 2.05) is 6.08 Å². The second-order valence-electron chi connectivity index (χ2n) is 3.94. The first-order chi connectivity index (χ1) is 6.20. The molecule has 0 aromatic carbocycles. The number of carbonyl (C=O) groups excluding carboxylic acids is 1. The van der Waals surface area contributed by atoms with Crippen LogP contribution in [0.1, 0.15) is 46.5 Å². The molecule has 0 aliphatic carbocycles. The molecule has 0 aliphatic rings. The lowest BCUT2D eigenvalue weighted by molar-refractivity contribution is -0.104. The molecule has 0 bridgehead atoms. The van der Waals surface area contributed by atoms with Crippen LogP contribution in [0, 0.1) is 11.8 Å². The van der Waals surface area contributed by atoms with E-state index in [2.05, 4.69) is 20.8 Å². The normalized spacial score (nSPS) is 15.9. The molecule has 0 saturated carbocycles. The second-order valence-corrected chi connectivity index (χ2v) is 3.94. The van der Waals surface area contributed by atoms with E-state index >= 15 is 0 Å². The molecule has 13 heavy (non-hydrogen) atoms. The minimum atomic E-state index is 0.550. The highest BCUT2D eigenvalue weighted by atomic mass is 16.1. The summed E-state index contributed by atoms with van der Waals surface area (Å²) >= 11 is 0. The summed E-state index contributed by atoms with van der Waals surface area (Å²) in [5.41, 5.74) is 0. The van der Waals surface area contributed by atoms with Gasteiger partial charge in [0, 0.05) is 0 Å². The maximum absolute atomic E-state index is 10.1. The summed E-state index contributed by atoms with van der Waals surface area (Å²) < 4.78 is 0. The number of allylic oxidation sites excluding steroid dienone is 2. The lowest BCUT2D eigenvalue weighted by Gasteiger charge is -2.09. The number of aldehydes is 1. The van der Waals surface area contributed by atoms with E-state index in [1.165, 1.54) is 25.7 Å². The van der Waals surface area contributed by atoms with Crippen molar-refractivity contribution in [2.45, 2.75) is 46.5 Å². The van der Waals surface area contributed by atoms with Gasteiger partial charge in [-0.15, -0.1) is 0 Å². The smallest absolute Gasteiger partial charge is 0.142 e. The number of carbonyl (C=O) groups is 1. The van der Waals surface area contributed by atoms with E-state index in [1.54, 1.807) is 6.08 Å². The highest BCUT2D eigenvalue weighted by Gasteiger charge is 2.00. The molecule has 0 radical (unpaired) electrons. The van der Waals surface area contributed by atoms with Gasteiger partial charge in [0.05, 0.1) is 0 Å². The zero-order valence-corrected chi connectivity index (χ0v) is 9.12. The van der Waals surface area contributed by atoms with Crippen LogP contribution in [0.2, 0.25) is 0 Å². The van der Waals surface area contributed by atoms with Gasteiger partial charge in [-0.2, -0.15) is 0 Å². The van der Waals surface area contributed by atoms with Crippen LogP contribution in [-0.2, 0) is 4.79 Å². The predicted octanol–water partition coefficient (Wildman–Crippen LogP) is 3.59. The first-order valence-corrected chi connectivity index (χ1v) is 5.32. The summed E-state index contributed by atoms with van der Waals surface area (Å²) in [5.74, 6) is 1.40. The third kappa shape index (κ3) is 7.76. The molecule has 0 aromatic heterocycles. The standard InChI is InChI=1S/C12H22O/c1-4-11(2)7-5-8-12(3)9-6-10-13/h6,9-12H,4-5,7-8H2,1-3H3. The minimum Gasteiger partial charge on any atom is -0.299 e. The van der Waals surface area contributed by atoms with Gasteiger partial charge in [-0.3, -0.25) is 4.79 Å². The molecule has 0 rings (SSSR count). The van der Waals surface area contributed by atoms with Crippen molar-refractivity contribution >= 4 is 6.29 Å². The summed E-state index contributed by atoms with van der Waals surface area (Å²) in [4.78, 5) is 10.1. The minimum absolute atomic E-state index is 0.550. The Bertz CT molecular complexity index is 149. The van der Waals surface area contributed by atoms with E-state index in [0.29, 0.717) is 5.92 Å². The third-order valence-electron chi connectivity index (χ3n) is 2.57. The summed E-state index contributed by atoms with van der Waals surface area (Å²) in [5, 5.41) is 0. The average Bonchev–Trinajstić information content (AvgIpc) is 2.14. The Kier molecular flexibility index (Phi) is 7.66. The van der Waals surface area contributed by atoms with Crippen molar-refractivity contribution < 1.29 is 4.79 Å². The van der Waals surface area contributed by atoms with Gasteiger partial charge in [-0.25, -0.2) is 0 Å². The second kappa shape index (κ2) is 8.03. The maximum Gasteiger partial charge on any atom is 0.142 e. The van der Waals surface area contributed by atoms with Gasteiger partial charge in [0.15, 0.2) is 0 Å². The lowest BCUT2D eigenvalue weighted by Crippen LogP contribution is -1.95. The highest BCUT2D eigenvalue weighted by molar-refractivity contribution is 5.64. The van der Waals surface area contributed by atoms with Crippen LogP contribution in [0.5, 0.6) is 0 Å². The van der Waals surface area contributed by atoms with Crippen molar-refractivity contribution in [3.8, 4) is 0 Å². The molecule has 1 nitrogen and oxygen atoms in total. The van der Waals surface area contributed by atoms with Crippen LogP contribution in [0.25, 0.3) is 0 Å².